The minimum Gasteiger partial charge on any atom is -0.379 e. The fourth-order valence-corrected chi connectivity index (χ4v) is 9.00. The molecular formula is C26H39N3O4S. The molecule has 4 aliphatic carbocycles. The van der Waals surface area contributed by atoms with Crippen molar-refractivity contribution in [2.45, 2.75) is 69.4 Å². The van der Waals surface area contributed by atoms with Crippen molar-refractivity contribution in [2.75, 3.05) is 32.8 Å². The van der Waals surface area contributed by atoms with E-state index >= 15 is 0 Å². The van der Waals surface area contributed by atoms with Crippen LogP contribution in [0, 0.1) is 23.2 Å². The quantitative estimate of drug-likeness (QED) is 0.557. The maximum absolute atomic E-state index is 12.8. The predicted molar refractivity (Wildman–Crippen MR) is 131 cm³/mol. The van der Waals surface area contributed by atoms with Gasteiger partial charge in [0.2, 0.25) is 15.9 Å². The number of rotatable bonds is 9. The van der Waals surface area contributed by atoms with E-state index in [-0.39, 0.29) is 10.8 Å². The summed E-state index contributed by atoms with van der Waals surface area (Å²) in [6.45, 7) is 4.61. The van der Waals surface area contributed by atoms with Crippen molar-refractivity contribution in [1.29, 1.82) is 0 Å². The van der Waals surface area contributed by atoms with Crippen molar-refractivity contribution in [3.05, 3.63) is 29.8 Å². The van der Waals surface area contributed by atoms with Gasteiger partial charge in [-0.05, 0) is 85.8 Å². The summed E-state index contributed by atoms with van der Waals surface area (Å²) in [5.41, 5.74) is 1.29. The average Bonchev–Trinajstić information content (AvgIpc) is 2.83. The van der Waals surface area contributed by atoms with E-state index in [0.717, 1.165) is 29.7 Å². The molecule has 1 aromatic carbocycles. The number of nitrogens with zero attached hydrogens (tertiary/aromatic N) is 1. The molecule has 2 N–H and O–H groups in total. The van der Waals surface area contributed by atoms with Gasteiger partial charge in [-0.1, -0.05) is 19.1 Å². The van der Waals surface area contributed by atoms with Gasteiger partial charge in [0.05, 0.1) is 24.7 Å². The second kappa shape index (κ2) is 9.88. The van der Waals surface area contributed by atoms with Crippen molar-refractivity contribution in [3.63, 3.8) is 0 Å². The van der Waals surface area contributed by atoms with Gasteiger partial charge in [0, 0.05) is 25.7 Å². The minimum atomic E-state index is -3.49. The number of carbonyl (C=O) groups is 1. The molecule has 0 aromatic heterocycles. The molecule has 34 heavy (non-hydrogen) atoms. The summed E-state index contributed by atoms with van der Waals surface area (Å²) in [6, 6.07) is 7.24. The third-order valence-corrected chi connectivity index (χ3v) is 10.7. The molecule has 1 aliphatic heterocycles. The van der Waals surface area contributed by atoms with Crippen LogP contribution in [0.3, 0.4) is 0 Å². The highest BCUT2D eigenvalue weighted by Gasteiger charge is 2.53. The third-order valence-electron chi connectivity index (χ3n) is 8.76. The number of sulfonamides is 1. The van der Waals surface area contributed by atoms with E-state index in [1.807, 2.05) is 0 Å². The number of morpholine rings is 1. The first-order valence-electron chi connectivity index (χ1n) is 13.0. The van der Waals surface area contributed by atoms with Gasteiger partial charge in [0.15, 0.2) is 0 Å². The smallest absolute Gasteiger partial charge is 0.243 e. The van der Waals surface area contributed by atoms with Gasteiger partial charge in [-0.25, -0.2) is 8.42 Å². The van der Waals surface area contributed by atoms with Gasteiger partial charge in [-0.2, -0.15) is 4.31 Å². The molecule has 4 saturated carbocycles. The highest BCUT2D eigenvalue weighted by Crippen LogP contribution is 2.61. The van der Waals surface area contributed by atoms with E-state index < -0.39 is 10.0 Å². The van der Waals surface area contributed by atoms with Crippen LogP contribution in [0.25, 0.3) is 0 Å². The number of amides is 1. The van der Waals surface area contributed by atoms with Crippen molar-refractivity contribution in [1.82, 2.24) is 14.9 Å². The Morgan fingerprint density at radius 1 is 1.06 bits per heavy atom. The summed E-state index contributed by atoms with van der Waals surface area (Å²) in [5.74, 6) is 2.72. The molecule has 8 heteroatoms. The predicted octanol–water partition coefficient (Wildman–Crippen LogP) is 2.91. The zero-order valence-corrected chi connectivity index (χ0v) is 21.1. The molecule has 5 fully saturated rings. The summed E-state index contributed by atoms with van der Waals surface area (Å²) < 4.78 is 32.2. The fraction of sp³-hybridized carbons (Fsp3) is 0.731. The zero-order chi connectivity index (χ0) is 23.8. The molecule has 7 nitrogen and oxygen atoms in total. The van der Waals surface area contributed by atoms with Crippen LogP contribution in [0.1, 0.15) is 57.4 Å². The summed E-state index contributed by atoms with van der Waals surface area (Å²) in [7, 11) is -3.49. The summed E-state index contributed by atoms with van der Waals surface area (Å²) in [4.78, 5) is 12.9. The number of hydrogen-bond donors (Lipinski definition) is 2. The van der Waals surface area contributed by atoms with E-state index in [4.69, 9.17) is 4.74 Å². The van der Waals surface area contributed by atoms with Crippen LogP contribution in [-0.4, -0.2) is 57.5 Å². The van der Waals surface area contributed by atoms with Crippen LogP contribution in [0.15, 0.2) is 29.2 Å². The molecule has 1 unspecified atom stereocenters. The molecule has 1 aromatic rings. The van der Waals surface area contributed by atoms with Crippen molar-refractivity contribution in [2.24, 2.45) is 23.2 Å². The molecule has 1 atom stereocenters. The standard InChI is InChI=1S/C26H39N3O4S/c1-2-24(26-14-20-11-21(15-26)13-22(12-20)16-26)27-18-25(30)28-17-19-3-5-23(6-4-19)34(31,32)29-7-9-33-10-8-29/h3-6,20-22,24,27H,2,7-18H2,1H3,(H,28,30). The van der Waals surface area contributed by atoms with Crippen molar-refractivity contribution < 1.29 is 17.9 Å². The van der Waals surface area contributed by atoms with Gasteiger partial charge in [-0.15, -0.1) is 0 Å². The molecule has 0 radical (unpaired) electrons. The van der Waals surface area contributed by atoms with Crippen LogP contribution in [0.5, 0.6) is 0 Å². The summed E-state index contributed by atoms with van der Waals surface area (Å²) in [6.07, 6.45) is 9.39. The molecule has 188 valence electrons. The lowest BCUT2D eigenvalue weighted by atomic mass is 9.47. The van der Waals surface area contributed by atoms with Gasteiger partial charge in [-0.3, -0.25) is 4.79 Å². The molecule has 0 spiro atoms. The van der Waals surface area contributed by atoms with E-state index in [9.17, 15) is 13.2 Å². The lowest BCUT2D eigenvalue weighted by molar-refractivity contribution is -0.121. The topological polar surface area (TPSA) is 87.7 Å². The maximum atomic E-state index is 12.8. The number of hydrogen-bond acceptors (Lipinski definition) is 5. The fourth-order valence-electron chi connectivity index (χ4n) is 7.59. The molecule has 6 rings (SSSR count). The van der Waals surface area contributed by atoms with Gasteiger partial charge >= 0.3 is 0 Å². The third kappa shape index (κ3) is 4.92. The Kier molecular flexibility index (Phi) is 7.04. The van der Waals surface area contributed by atoms with E-state index in [1.165, 1.54) is 42.8 Å². The highest BCUT2D eigenvalue weighted by atomic mass is 32.2. The molecule has 5 aliphatic rings. The lowest BCUT2D eigenvalue weighted by Crippen LogP contribution is -2.56. The van der Waals surface area contributed by atoms with Crippen LogP contribution >= 0.6 is 0 Å². The van der Waals surface area contributed by atoms with Crippen LogP contribution in [0.4, 0.5) is 0 Å². The maximum Gasteiger partial charge on any atom is 0.243 e. The first kappa shape index (κ1) is 24.2. The SMILES string of the molecule is CCC(NCC(=O)NCc1ccc(S(=O)(=O)N2CCOCC2)cc1)C12CC3CC(CC(C3)C1)C2. The normalized spacial score (nSPS) is 32.0. The minimum absolute atomic E-state index is 0.00630. The monoisotopic (exact) mass is 489 g/mol. The summed E-state index contributed by atoms with van der Waals surface area (Å²) >= 11 is 0. The Labute approximate surface area is 204 Å². The Morgan fingerprint density at radius 2 is 1.65 bits per heavy atom. The Bertz CT molecular complexity index is 937. The van der Waals surface area contributed by atoms with Crippen molar-refractivity contribution in [3.8, 4) is 0 Å². The largest absolute Gasteiger partial charge is 0.379 e. The van der Waals surface area contributed by atoms with Gasteiger partial charge in [0.1, 0.15) is 0 Å². The first-order chi connectivity index (χ1) is 16.4. The molecule has 4 bridgehead atoms. The first-order valence-corrected chi connectivity index (χ1v) is 14.5. The zero-order valence-electron chi connectivity index (χ0n) is 20.3. The molecule has 1 amide bonds. The molecule has 1 saturated heterocycles. The lowest BCUT2D eigenvalue weighted by Gasteiger charge is -2.59. The molecule has 1 heterocycles. The second-order valence-corrected chi connectivity index (χ2v) is 13.0. The summed E-state index contributed by atoms with van der Waals surface area (Å²) in [5, 5.41) is 6.62. The van der Waals surface area contributed by atoms with Gasteiger partial charge in [0.25, 0.3) is 0 Å². The Balaban J connectivity index is 1.11. The van der Waals surface area contributed by atoms with E-state index in [1.54, 1.807) is 24.3 Å². The van der Waals surface area contributed by atoms with E-state index in [0.29, 0.717) is 50.8 Å². The van der Waals surface area contributed by atoms with Crippen LogP contribution in [-0.2, 0) is 26.1 Å². The highest BCUT2D eigenvalue weighted by molar-refractivity contribution is 7.89. The Morgan fingerprint density at radius 3 is 2.21 bits per heavy atom. The number of benzene rings is 1. The number of carbonyl (C=O) groups excluding carboxylic acids is 1. The number of nitrogens with one attached hydrogen (secondary N) is 2. The average molecular weight is 490 g/mol. The Hall–Kier alpha value is -1.48. The molecular weight excluding hydrogens is 450 g/mol. The van der Waals surface area contributed by atoms with E-state index in [2.05, 4.69) is 17.6 Å². The van der Waals surface area contributed by atoms with Crippen molar-refractivity contribution >= 4 is 15.9 Å². The second-order valence-electron chi connectivity index (χ2n) is 11.1. The van der Waals surface area contributed by atoms with Crippen LogP contribution in [0.2, 0.25) is 0 Å². The van der Waals surface area contributed by atoms with Gasteiger partial charge < -0.3 is 15.4 Å². The number of ether oxygens (including phenoxy) is 1. The van der Waals surface area contributed by atoms with Crippen LogP contribution < -0.4 is 10.6 Å².